The highest BCUT2D eigenvalue weighted by atomic mass is 35.5. The molecule has 3 heterocycles. The van der Waals surface area contributed by atoms with Gasteiger partial charge in [-0.25, -0.2) is 9.67 Å². The molecule has 1 saturated heterocycles. The fourth-order valence-corrected chi connectivity index (χ4v) is 5.16. The van der Waals surface area contributed by atoms with Crippen LogP contribution in [0.25, 0.3) is 16.6 Å². The molecule has 2 aromatic carbocycles. The number of fused-ring (bicyclic) bond motifs is 1. The number of carbonyl (C=O) groups is 1. The zero-order chi connectivity index (χ0) is 26.5. The highest BCUT2D eigenvalue weighted by Crippen LogP contribution is 2.30. The van der Waals surface area contributed by atoms with Gasteiger partial charge in [0.1, 0.15) is 5.82 Å². The lowest BCUT2D eigenvalue weighted by Gasteiger charge is -2.35. The number of rotatable bonds is 9. The molecule has 0 unspecified atom stereocenters. The number of nitrogens with zero attached hydrogens (tertiary/aromatic N) is 5. The minimum Gasteiger partial charge on any atom is -0.396 e. The first kappa shape index (κ1) is 26.2. The quantitative estimate of drug-likeness (QED) is 0.339. The smallest absolute Gasteiger partial charge is 0.254 e. The summed E-state index contributed by atoms with van der Waals surface area (Å²) >= 11 is 6.28. The number of aliphatic hydroxyl groups is 1. The van der Waals surface area contributed by atoms with E-state index in [0.717, 1.165) is 53.9 Å². The summed E-state index contributed by atoms with van der Waals surface area (Å²) in [4.78, 5) is 22.8. The zero-order valence-electron chi connectivity index (χ0n) is 21.5. The van der Waals surface area contributed by atoms with Crippen molar-refractivity contribution in [3.05, 3.63) is 83.1 Å². The molecule has 1 aliphatic rings. The van der Waals surface area contributed by atoms with Gasteiger partial charge in [-0.05, 0) is 67.3 Å². The lowest BCUT2D eigenvalue weighted by atomic mass is 9.98. The fourth-order valence-electron chi connectivity index (χ4n) is 4.99. The van der Waals surface area contributed by atoms with Crippen LogP contribution < -0.4 is 4.90 Å². The van der Waals surface area contributed by atoms with Gasteiger partial charge in [-0.2, -0.15) is 5.10 Å². The minimum atomic E-state index is -0.0805. The summed E-state index contributed by atoms with van der Waals surface area (Å²) in [5.74, 6) is 0.957. The molecule has 38 heavy (non-hydrogen) atoms. The second kappa shape index (κ2) is 11.9. The number of benzene rings is 2. The molecule has 8 nitrogen and oxygen atoms in total. The third kappa shape index (κ3) is 5.83. The van der Waals surface area contributed by atoms with Gasteiger partial charge in [0.25, 0.3) is 5.91 Å². The van der Waals surface area contributed by atoms with Crippen molar-refractivity contribution < 1.29 is 14.6 Å². The molecule has 9 heteroatoms. The van der Waals surface area contributed by atoms with Crippen LogP contribution in [0.3, 0.4) is 0 Å². The number of piperidine rings is 1. The van der Waals surface area contributed by atoms with Crippen LogP contribution in [-0.4, -0.2) is 70.6 Å². The third-order valence-corrected chi connectivity index (χ3v) is 7.24. The topological polar surface area (TPSA) is 83.7 Å². The summed E-state index contributed by atoms with van der Waals surface area (Å²) in [5, 5.41) is 15.7. The van der Waals surface area contributed by atoms with Crippen LogP contribution in [0.15, 0.2) is 67.0 Å². The molecule has 1 amide bonds. The molecule has 1 fully saturated rings. The average molecular weight is 534 g/mol. The lowest BCUT2D eigenvalue weighted by Crippen LogP contribution is -2.39. The van der Waals surface area contributed by atoms with E-state index in [1.807, 2.05) is 59.6 Å². The fraction of sp³-hybridized carbons (Fsp3) is 0.345. The Hall–Kier alpha value is -3.46. The first-order valence-corrected chi connectivity index (χ1v) is 13.3. The Morgan fingerprint density at radius 2 is 2.05 bits per heavy atom. The van der Waals surface area contributed by atoms with Crippen molar-refractivity contribution in [2.24, 2.45) is 5.92 Å². The van der Waals surface area contributed by atoms with Crippen molar-refractivity contribution in [1.82, 2.24) is 19.7 Å². The summed E-state index contributed by atoms with van der Waals surface area (Å²) in [5.41, 5.74) is 3.25. The van der Waals surface area contributed by atoms with Crippen LogP contribution in [0.2, 0.25) is 5.02 Å². The van der Waals surface area contributed by atoms with Crippen molar-refractivity contribution in [2.45, 2.75) is 19.4 Å². The molecule has 1 aliphatic heterocycles. The molecule has 1 N–H and O–H groups in total. The largest absolute Gasteiger partial charge is 0.396 e. The number of amides is 1. The first-order valence-electron chi connectivity index (χ1n) is 12.9. The SMILES string of the molecule is COCCN(Cc1cc2ccc(Cl)cc2nc1N1CCC[C@@H](CO)C1)C(=O)c1ccc(-n2cccn2)cc1. The van der Waals surface area contributed by atoms with Gasteiger partial charge in [0.05, 0.1) is 17.8 Å². The Kier molecular flexibility index (Phi) is 8.22. The van der Waals surface area contributed by atoms with Crippen LogP contribution in [0.1, 0.15) is 28.8 Å². The predicted octanol–water partition coefficient (Wildman–Crippen LogP) is 4.57. The van der Waals surface area contributed by atoms with Gasteiger partial charge in [0.2, 0.25) is 0 Å². The average Bonchev–Trinajstić information content (AvgIpc) is 3.50. The Labute approximate surface area is 227 Å². The van der Waals surface area contributed by atoms with Crippen molar-refractivity contribution in [2.75, 3.05) is 44.9 Å². The summed E-state index contributed by atoms with van der Waals surface area (Å²) in [6.07, 6.45) is 5.56. The summed E-state index contributed by atoms with van der Waals surface area (Å²) in [7, 11) is 1.64. The second-order valence-corrected chi connectivity index (χ2v) is 10.1. The summed E-state index contributed by atoms with van der Waals surface area (Å²) < 4.78 is 7.11. The number of aromatic nitrogens is 3. The number of ether oxygens (including phenoxy) is 1. The standard InChI is InChI=1S/C29H32ClN5O3/c1-38-15-14-34(29(37)22-6-9-26(10-7-22)35-13-3-11-31-35)19-24-16-23-5-8-25(30)17-27(23)32-28(24)33-12-2-4-21(18-33)20-36/h3,5-11,13,16-17,21,36H,2,4,12,14-15,18-20H2,1H3/t21-/m1/s1. The molecule has 0 radical (unpaired) electrons. The van der Waals surface area contributed by atoms with Crippen LogP contribution in [0.4, 0.5) is 5.82 Å². The van der Waals surface area contributed by atoms with Gasteiger partial charge < -0.3 is 19.6 Å². The van der Waals surface area contributed by atoms with E-state index in [4.69, 9.17) is 21.3 Å². The minimum absolute atomic E-state index is 0.0805. The molecule has 1 atom stereocenters. The van der Waals surface area contributed by atoms with E-state index in [-0.39, 0.29) is 18.4 Å². The van der Waals surface area contributed by atoms with E-state index in [2.05, 4.69) is 16.1 Å². The number of hydrogen-bond acceptors (Lipinski definition) is 6. The summed E-state index contributed by atoms with van der Waals surface area (Å²) in [6, 6.07) is 17.1. The monoisotopic (exact) mass is 533 g/mol. The molecular weight excluding hydrogens is 502 g/mol. The molecule has 2 aromatic heterocycles. The van der Waals surface area contributed by atoms with E-state index in [9.17, 15) is 9.90 Å². The Morgan fingerprint density at radius 3 is 2.79 bits per heavy atom. The Bertz CT molecular complexity index is 1380. The first-order chi connectivity index (χ1) is 18.6. The molecule has 0 spiro atoms. The molecule has 0 saturated carbocycles. The van der Waals surface area contributed by atoms with E-state index >= 15 is 0 Å². The van der Waals surface area contributed by atoms with Crippen LogP contribution in [-0.2, 0) is 11.3 Å². The summed E-state index contributed by atoms with van der Waals surface area (Å²) in [6.45, 7) is 2.96. The van der Waals surface area contributed by atoms with E-state index < -0.39 is 0 Å². The van der Waals surface area contributed by atoms with Gasteiger partial charge >= 0.3 is 0 Å². The van der Waals surface area contributed by atoms with Crippen molar-refractivity contribution in [3.8, 4) is 5.69 Å². The number of aliphatic hydroxyl groups excluding tert-OH is 1. The van der Waals surface area contributed by atoms with E-state index in [0.29, 0.717) is 30.3 Å². The highest BCUT2D eigenvalue weighted by Gasteiger charge is 2.25. The predicted molar refractivity (Wildman–Crippen MR) is 149 cm³/mol. The van der Waals surface area contributed by atoms with Crippen molar-refractivity contribution >= 4 is 34.2 Å². The number of hydrogen-bond donors (Lipinski definition) is 1. The Morgan fingerprint density at radius 1 is 1.21 bits per heavy atom. The van der Waals surface area contributed by atoms with Gasteiger partial charge in [0, 0.05) is 73.8 Å². The highest BCUT2D eigenvalue weighted by molar-refractivity contribution is 6.31. The molecule has 5 rings (SSSR count). The second-order valence-electron chi connectivity index (χ2n) is 9.66. The molecule has 0 aliphatic carbocycles. The molecule has 0 bridgehead atoms. The molecule has 4 aromatic rings. The van der Waals surface area contributed by atoms with Crippen molar-refractivity contribution in [1.29, 1.82) is 0 Å². The maximum atomic E-state index is 13.7. The number of anilines is 1. The number of methoxy groups -OCH3 is 1. The molecular formula is C29H32ClN5O3. The van der Waals surface area contributed by atoms with Crippen LogP contribution in [0.5, 0.6) is 0 Å². The normalized spacial score (nSPS) is 15.7. The third-order valence-electron chi connectivity index (χ3n) is 7.01. The van der Waals surface area contributed by atoms with Crippen LogP contribution in [0, 0.1) is 5.92 Å². The maximum absolute atomic E-state index is 13.7. The number of halogens is 1. The van der Waals surface area contributed by atoms with Gasteiger partial charge in [-0.1, -0.05) is 17.7 Å². The zero-order valence-corrected chi connectivity index (χ0v) is 22.2. The van der Waals surface area contributed by atoms with E-state index in [1.54, 1.807) is 18.0 Å². The molecule has 198 valence electrons. The van der Waals surface area contributed by atoms with Crippen LogP contribution >= 0.6 is 11.6 Å². The number of pyridine rings is 1. The number of carbonyl (C=O) groups excluding carboxylic acids is 1. The Balaban J connectivity index is 1.48. The van der Waals surface area contributed by atoms with Gasteiger partial charge in [0.15, 0.2) is 0 Å². The van der Waals surface area contributed by atoms with Gasteiger partial charge in [-0.3, -0.25) is 4.79 Å². The van der Waals surface area contributed by atoms with Crippen molar-refractivity contribution in [3.63, 3.8) is 0 Å². The van der Waals surface area contributed by atoms with E-state index in [1.165, 1.54) is 0 Å². The van der Waals surface area contributed by atoms with Gasteiger partial charge in [-0.15, -0.1) is 0 Å². The maximum Gasteiger partial charge on any atom is 0.254 e. The lowest BCUT2D eigenvalue weighted by molar-refractivity contribution is 0.0680.